The van der Waals surface area contributed by atoms with E-state index in [1.165, 1.54) is 0 Å². The molecule has 1 aliphatic rings. The van der Waals surface area contributed by atoms with Crippen LogP contribution in [0.25, 0.3) is 0 Å². The molecule has 0 aromatic carbocycles. The number of rotatable bonds is 1. The van der Waals surface area contributed by atoms with Gasteiger partial charge in [0.05, 0.1) is 5.56 Å². The summed E-state index contributed by atoms with van der Waals surface area (Å²) >= 11 is 6.21. The molecule has 0 aliphatic carbocycles. The highest BCUT2D eigenvalue weighted by Crippen LogP contribution is 2.28. The molecule has 17 heavy (non-hydrogen) atoms. The predicted molar refractivity (Wildman–Crippen MR) is 68.2 cm³/mol. The fraction of sp³-hybridized carbons (Fsp3) is 0.500. The maximum atomic E-state index is 8.97. The van der Waals surface area contributed by atoms with Crippen molar-refractivity contribution in [2.45, 2.75) is 25.9 Å². The van der Waals surface area contributed by atoms with Crippen molar-refractivity contribution in [2.24, 2.45) is 0 Å². The van der Waals surface area contributed by atoms with Crippen LogP contribution in [0.5, 0.6) is 0 Å². The second kappa shape index (κ2) is 4.91. The standard InChI is InChI=1S/C12H15ClN4/c1-8-7-17(9(2)6-16-8)12-11(13)10(5-14)3-4-15-12/h3-4,8-9,16H,6-7H2,1-2H3. The molecule has 1 aromatic heterocycles. The number of hydrogen-bond donors (Lipinski definition) is 1. The fourth-order valence-corrected chi connectivity index (χ4v) is 2.30. The average Bonchev–Trinajstić information content (AvgIpc) is 2.33. The number of nitriles is 1. The topological polar surface area (TPSA) is 52.0 Å². The highest BCUT2D eigenvalue weighted by Gasteiger charge is 2.25. The van der Waals surface area contributed by atoms with Gasteiger partial charge in [-0.3, -0.25) is 0 Å². The van der Waals surface area contributed by atoms with E-state index in [4.69, 9.17) is 16.9 Å². The van der Waals surface area contributed by atoms with Crippen LogP contribution in [-0.2, 0) is 0 Å². The molecule has 0 amide bonds. The lowest BCUT2D eigenvalue weighted by Gasteiger charge is -2.38. The predicted octanol–water partition coefficient (Wildman–Crippen LogP) is 1.79. The van der Waals surface area contributed by atoms with Crippen molar-refractivity contribution in [1.82, 2.24) is 10.3 Å². The molecule has 0 radical (unpaired) electrons. The number of piperazine rings is 1. The molecule has 0 spiro atoms. The highest BCUT2D eigenvalue weighted by atomic mass is 35.5. The Balaban J connectivity index is 2.36. The van der Waals surface area contributed by atoms with E-state index < -0.39 is 0 Å². The Bertz CT molecular complexity index is 454. The van der Waals surface area contributed by atoms with Gasteiger partial charge in [0.1, 0.15) is 16.9 Å². The summed E-state index contributed by atoms with van der Waals surface area (Å²) in [7, 11) is 0. The van der Waals surface area contributed by atoms with Gasteiger partial charge in [-0.2, -0.15) is 5.26 Å². The van der Waals surface area contributed by atoms with Gasteiger partial charge >= 0.3 is 0 Å². The summed E-state index contributed by atoms with van der Waals surface area (Å²) in [5.41, 5.74) is 0.482. The molecule has 0 saturated carbocycles. The number of aromatic nitrogens is 1. The first-order valence-corrected chi connectivity index (χ1v) is 6.06. The number of halogens is 1. The van der Waals surface area contributed by atoms with Gasteiger partial charge in [0.2, 0.25) is 0 Å². The summed E-state index contributed by atoms with van der Waals surface area (Å²) in [5.74, 6) is 0.714. The minimum atomic E-state index is 0.324. The minimum absolute atomic E-state index is 0.324. The van der Waals surface area contributed by atoms with Crippen molar-refractivity contribution in [3.63, 3.8) is 0 Å². The molecular weight excluding hydrogens is 236 g/mol. The van der Waals surface area contributed by atoms with Crippen molar-refractivity contribution in [2.75, 3.05) is 18.0 Å². The smallest absolute Gasteiger partial charge is 0.149 e. The van der Waals surface area contributed by atoms with Crippen molar-refractivity contribution < 1.29 is 0 Å². The van der Waals surface area contributed by atoms with Crippen LogP contribution in [0.4, 0.5) is 5.82 Å². The van der Waals surface area contributed by atoms with E-state index in [0.29, 0.717) is 28.5 Å². The Morgan fingerprint density at radius 2 is 2.35 bits per heavy atom. The van der Waals surface area contributed by atoms with E-state index in [-0.39, 0.29) is 0 Å². The molecule has 4 nitrogen and oxygen atoms in total. The minimum Gasteiger partial charge on any atom is -0.350 e. The Morgan fingerprint density at radius 3 is 3.06 bits per heavy atom. The van der Waals surface area contributed by atoms with E-state index in [1.807, 2.05) is 0 Å². The molecule has 2 atom stereocenters. The lowest BCUT2D eigenvalue weighted by atomic mass is 10.1. The summed E-state index contributed by atoms with van der Waals surface area (Å²) in [6.07, 6.45) is 1.64. The third-order valence-corrected chi connectivity index (χ3v) is 3.40. The Labute approximate surface area is 106 Å². The van der Waals surface area contributed by atoms with E-state index in [9.17, 15) is 0 Å². The summed E-state index contributed by atoms with van der Waals surface area (Å²) in [5, 5.41) is 12.8. The van der Waals surface area contributed by atoms with Gasteiger partial charge in [0.15, 0.2) is 0 Å². The summed E-state index contributed by atoms with van der Waals surface area (Å²) in [6.45, 7) is 6.00. The lowest BCUT2D eigenvalue weighted by molar-refractivity contribution is 0.422. The molecule has 2 rings (SSSR count). The summed E-state index contributed by atoms with van der Waals surface area (Å²) < 4.78 is 0. The van der Waals surface area contributed by atoms with Crippen molar-refractivity contribution in [3.8, 4) is 6.07 Å². The quantitative estimate of drug-likeness (QED) is 0.826. The van der Waals surface area contributed by atoms with Crippen molar-refractivity contribution >= 4 is 17.4 Å². The summed E-state index contributed by atoms with van der Waals surface area (Å²) in [6, 6.07) is 4.45. The Morgan fingerprint density at radius 1 is 1.59 bits per heavy atom. The molecule has 2 unspecified atom stereocenters. The Kier molecular flexibility index (Phi) is 3.51. The number of nitrogens with one attached hydrogen (secondary N) is 1. The highest BCUT2D eigenvalue weighted by molar-refractivity contribution is 6.34. The van der Waals surface area contributed by atoms with Gasteiger partial charge in [0, 0.05) is 31.4 Å². The second-order valence-corrected chi connectivity index (χ2v) is 4.80. The third kappa shape index (κ3) is 2.36. The second-order valence-electron chi connectivity index (χ2n) is 4.42. The maximum Gasteiger partial charge on any atom is 0.149 e. The first kappa shape index (κ1) is 12.2. The Hall–Kier alpha value is -1.31. The number of hydrogen-bond acceptors (Lipinski definition) is 4. The van der Waals surface area contributed by atoms with Crippen molar-refractivity contribution in [3.05, 3.63) is 22.8 Å². The summed E-state index contributed by atoms with van der Waals surface area (Å²) in [4.78, 5) is 6.47. The van der Waals surface area contributed by atoms with Gasteiger partial charge in [-0.1, -0.05) is 11.6 Å². The van der Waals surface area contributed by atoms with Crippen LogP contribution in [0.1, 0.15) is 19.4 Å². The van der Waals surface area contributed by atoms with Gasteiger partial charge in [-0.05, 0) is 19.9 Å². The van der Waals surface area contributed by atoms with Crippen molar-refractivity contribution in [1.29, 1.82) is 5.26 Å². The molecule has 1 N–H and O–H groups in total. The fourth-order valence-electron chi connectivity index (χ4n) is 2.04. The maximum absolute atomic E-state index is 8.97. The number of nitrogens with zero attached hydrogens (tertiary/aromatic N) is 3. The zero-order chi connectivity index (χ0) is 12.4. The van der Waals surface area contributed by atoms with Gasteiger partial charge in [-0.25, -0.2) is 4.98 Å². The largest absolute Gasteiger partial charge is 0.350 e. The molecule has 1 fully saturated rings. The van der Waals surface area contributed by atoms with Crippen LogP contribution in [-0.4, -0.2) is 30.2 Å². The molecule has 0 bridgehead atoms. The van der Waals surface area contributed by atoms with Crippen LogP contribution >= 0.6 is 11.6 Å². The van der Waals surface area contributed by atoms with E-state index in [1.54, 1.807) is 12.3 Å². The van der Waals surface area contributed by atoms with Gasteiger partial charge in [0.25, 0.3) is 0 Å². The zero-order valence-corrected chi connectivity index (χ0v) is 10.7. The van der Waals surface area contributed by atoms with Crippen LogP contribution in [0.15, 0.2) is 12.3 Å². The van der Waals surface area contributed by atoms with Crippen LogP contribution in [0, 0.1) is 11.3 Å². The first-order chi connectivity index (χ1) is 8.13. The normalized spacial score (nSPS) is 24.5. The number of pyridine rings is 1. The van der Waals surface area contributed by atoms with Gasteiger partial charge < -0.3 is 10.2 Å². The number of anilines is 1. The van der Waals surface area contributed by atoms with Crippen LogP contribution in [0.3, 0.4) is 0 Å². The third-order valence-electron chi connectivity index (χ3n) is 3.03. The van der Waals surface area contributed by atoms with Crippen LogP contribution < -0.4 is 10.2 Å². The van der Waals surface area contributed by atoms with E-state index in [2.05, 4.69) is 35.1 Å². The lowest BCUT2D eigenvalue weighted by Crippen LogP contribution is -2.54. The SMILES string of the molecule is CC1CN(c2nccc(C#N)c2Cl)C(C)CN1. The van der Waals surface area contributed by atoms with E-state index >= 15 is 0 Å². The monoisotopic (exact) mass is 250 g/mol. The molecular formula is C12H15ClN4. The molecule has 90 valence electrons. The molecule has 5 heteroatoms. The molecule has 1 aliphatic heterocycles. The van der Waals surface area contributed by atoms with Gasteiger partial charge in [-0.15, -0.1) is 0 Å². The molecule has 2 heterocycles. The first-order valence-electron chi connectivity index (χ1n) is 5.68. The average molecular weight is 251 g/mol. The van der Waals surface area contributed by atoms with E-state index in [0.717, 1.165) is 13.1 Å². The molecule has 1 aromatic rings. The van der Waals surface area contributed by atoms with Crippen LogP contribution in [0.2, 0.25) is 5.02 Å². The molecule has 1 saturated heterocycles. The zero-order valence-electron chi connectivity index (χ0n) is 9.94.